The fourth-order valence-corrected chi connectivity index (χ4v) is 3.39. The zero-order chi connectivity index (χ0) is 18.3. The molecule has 1 fully saturated rings. The molecule has 1 atom stereocenters. The Kier molecular flexibility index (Phi) is 4.17. The van der Waals surface area contributed by atoms with Gasteiger partial charge in [-0.1, -0.05) is 0 Å². The van der Waals surface area contributed by atoms with Crippen LogP contribution in [-0.2, 0) is 16.2 Å². The first-order valence-corrected chi connectivity index (χ1v) is 8.37. The van der Waals surface area contributed by atoms with Gasteiger partial charge in [0.2, 0.25) is 5.95 Å². The predicted octanol–water partition coefficient (Wildman–Crippen LogP) is 1.11. The second-order valence-corrected chi connectivity index (χ2v) is 6.29. The van der Waals surface area contributed by atoms with E-state index in [9.17, 15) is 4.79 Å². The van der Waals surface area contributed by atoms with Crippen molar-refractivity contribution in [3.63, 3.8) is 0 Å². The van der Waals surface area contributed by atoms with Gasteiger partial charge < -0.3 is 19.8 Å². The molecule has 4 rings (SSSR count). The second kappa shape index (κ2) is 6.50. The van der Waals surface area contributed by atoms with Crippen LogP contribution in [0, 0.1) is 6.92 Å². The number of fused-ring (bicyclic) bond motifs is 1. The number of aryl methyl sites for hydroxylation is 1. The maximum absolute atomic E-state index is 13.4. The van der Waals surface area contributed by atoms with E-state index in [-0.39, 0.29) is 17.5 Å². The summed E-state index contributed by atoms with van der Waals surface area (Å²) in [6, 6.07) is 1.69. The molecule has 0 aromatic carbocycles. The molecule has 1 aliphatic heterocycles. The number of rotatable bonds is 4. The highest BCUT2D eigenvalue weighted by atomic mass is 16.5. The van der Waals surface area contributed by atoms with Gasteiger partial charge in [-0.25, -0.2) is 9.97 Å². The van der Waals surface area contributed by atoms with E-state index in [4.69, 9.17) is 15.2 Å². The molecule has 26 heavy (non-hydrogen) atoms. The molecule has 0 amide bonds. The van der Waals surface area contributed by atoms with Gasteiger partial charge >= 0.3 is 0 Å². The molecular formula is C17H20N6O3. The van der Waals surface area contributed by atoms with Crippen molar-refractivity contribution in [2.45, 2.75) is 26.1 Å². The Morgan fingerprint density at radius 1 is 1.42 bits per heavy atom. The van der Waals surface area contributed by atoms with Crippen LogP contribution < -0.4 is 11.3 Å². The number of ether oxygens (including phenoxy) is 2. The molecule has 0 bridgehead atoms. The summed E-state index contributed by atoms with van der Waals surface area (Å²) in [4.78, 5) is 26.3. The van der Waals surface area contributed by atoms with E-state index in [1.165, 1.54) is 0 Å². The predicted molar refractivity (Wildman–Crippen MR) is 95.7 cm³/mol. The molecular weight excluding hydrogens is 336 g/mol. The van der Waals surface area contributed by atoms with Gasteiger partial charge in [-0.3, -0.25) is 9.36 Å². The lowest BCUT2D eigenvalue weighted by Gasteiger charge is -2.18. The van der Waals surface area contributed by atoms with Gasteiger partial charge in [0.05, 0.1) is 23.9 Å². The van der Waals surface area contributed by atoms with Crippen molar-refractivity contribution in [1.82, 2.24) is 24.1 Å². The number of methoxy groups -OCH3 is 1. The number of hydrogen-bond donors (Lipinski definition) is 1. The fraction of sp³-hybridized carbons (Fsp3) is 0.412. The minimum Gasteiger partial charge on any atom is -0.379 e. The summed E-state index contributed by atoms with van der Waals surface area (Å²) < 4.78 is 14.2. The van der Waals surface area contributed by atoms with Crippen molar-refractivity contribution in [2.75, 3.05) is 26.1 Å². The van der Waals surface area contributed by atoms with E-state index in [1.807, 2.05) is 6.92 Å². The molecule has 9 nitrogen and oxygen atoms in total. The summed E-state index contributed by atoms with van der Waals surface area (Å²) in [6.07, 6.45) is 4.17. The van der Waals surface area contributed by atoms with Gasteiger partial charge in [0.25, 0.3) is 5.56 Å². The number of hydrogen-bond acceptors (Lipinski definition) is 7. The highest BCUT2D eigenvalue weighted by molar-refractivity contribution is 5.83. The van der Waals surface area contributed by atoms with Gasteiger partial charge in [0, 0.05) is 31.5 Å². The van der Waals surface area contributed by atoms with Gasteiger partial charge in [-0.2, -0.15) is 4.98 Å². The number of pyridine rings is 1. The van der Waals surface area contributed by atoms with Crippen LogP contribution in [0.25, 0.3) is 22.4 Å². The molecule has 1 unspecified atom stereocenters. The minimum absolute atomic E-state index is 0.0931. The zero-order valence-corrected chi connectivity index (χ0v) is 14.7. The summed E-state index contributed by atoms with van der Waals surface area (Å²) in [5, 5.41) is 0.771. The van der Waals surface area contributed by atoms with Crippen LogP contribution in [0.4, 0.5) is 5.95 Å². The molecule has 1 aliphatic rings. The monoisotopic (exact) mass is 356 g/mol. The highest BCUT2D eigenvalue weighted by Gasteiger charge is 2.25. The molecule has 0 saturated carbocycles. The van der Waals surface area contributed by atoms with Crippen LogP contribution in [0.2, 0.25) is 0 Å². The maximum atomic E-state index is 13.4. The van der Waals surface area contributed by atoms with Crippen molar-refractivity contribution < 1.29 is 9.47 Å². The Bertz CT molecular complexity index is 1020. The standard InChI is InChI=1S/C17H20N6O3/c1-10-12-7-13(14-19-4-5-22(14)9-25-2)16(24)23(11-3-6-26-8-11)15(12)21-17(18)20-10/h4-5,7,11H,3,6,8-9H2,1-2H3,(H2,18,20,21). The van der Waals surface area contributed by atoms with E-state index in [0.717, 1.165) is 11.8 Å². The minimum atomic E-state index is -0.172. The molecule has 0 radical (unpaired) electrons. The Labute approximate surface area is 149 Å². The second-order valence-electron chi connectivity index (χ2n) is 6.29. The largest absolute Gasteiger partial charge is 0.379 e. The molecule has 2 N–H and O–H groups in total. The maximum Gasteiger partial charge on any atom is 0.263 e. The summed E-state index contributed by atoms with van der Waals surface area (Å²) in [5.41, 5.74) is 7.39. The van der Waals surface area contributed by atoms with E-state index in [2.05, 4.69) is 15.0 Å². The van der Waals surface area contributed by atoms with Crippen molar-refractivity contribution >= 4 is 17.0 Å². The van der Waals surface area contributed by atoms with Gasteiger partial charge in [0.15, 0.2) is 0 Å². The molecule has 3 aromatic heterocycles. The van der Waals surface area contributed by atoms with Crippen LogP contribution in [0.3, 0.4) is 0 Å². The first-order chi connectivity index (χ1) is 12.6. The van der Waals surface area contributed by atoms with Crippen molar-refractivity contribution in [1.29, 1.82) is 0 Å². The lowest BCUT2D eigenvalue weighted by Crippen LogP contribution is -2.28. The van der Waals surface area contributed by atoms with Crippen LogP contribution >= 0.6 is 0 Å². The number of imidazole rings is 1. The Morgan fingerprint density at radius 2 is 2.27 bits per heavy atom. The summed E-state index contributed by atoms with van der Waals surface area (Å²) in [5.74, 6) is 0.693. The van der Waals surface area contributed by atoms with E-state index in [1.54, 1.807) is 34.7 Å². The summed E-state index contributed by atoms with van der Waals surface area (Å²) >= 11 is 0. The Morgan fingerprint density at radius 3 is 3.00 bits per heavy atom. The van der Waals surface area contributed by atoms with Crippen molar-refractivity contribution in [3.8, 4) is 11.4 Å². The topological polar surface area (TPSA) is 110 Å². The molecule has 1 saturated heterocycles. The van der Waals surface area contributed by atoms with Crippen LogP contribution in [0.5, 0.6) is 0 Å². The lowest BCUT2D eigenvalue weighted by molar-refractivity contribution is 0.132. The average molecular weight is 356 g/mol. The number of nitrogens with two attached hydrogens (primary N) is 1. The van der Waals surface area contributed by atoms with E-state index in [0.29, 0.717) is 42.7 Å². The van der Waals surface area contributed by atoms with Gasteiger partial charge in [-0.15, -0.1) is 0 Å². The summed E-state index contributed by atoms with van der Waals surface area (Å²) in [7, 11) is 1.60. The summed E-state index contributed by atoms with van der Waals surface area (Å²) in [6.45, 7) is 3.23. The number of anilines is 1. The third-order valence-electron chi connectivity index (χ3n) is 4.59. The zero-order valence-electron chi connectivity index (χ0n) is 14.7. The van der Waals surface area contributed by atoms with Crippen LogP contribution in [0.1, 0.15) is 18.2 Å². The Balaban J connectivity index is 2.04. The SMILES string of the molecule is COCn1ccnc1-c1cc2c(C)nc(N)nc2n(C2CCOC2)c1=O. The van der Waals surface area contributed by atoms with Gasteiger partial charge in [0.1, 0.15) is 18.2 Å². The van der Waals surface area contributed by atoms with Gasteiger partial charge in [-0.05, 0) is 19.4 Å². The molecule has 9 heteroatoms. The van der Waals surface area contributed by atoms with E-state index >= 15 is 0 Å². The molecule has 3 aromatic rings. The molecule has 0 aliphatic carbocycles. The number of nitrogens with zero attached hydrogens (tertiary/aromatic N) is 5. The molecule has 0 spiro atoms. The first kappa shape index (κ1) is 16.7. The highest BCUT2D eigenvalue weighted by Crippen LogP contribution is 2.26. The third kappa shape index (κ3) is 2.65. The van der Waals surface area contributed by atoms with Crippen molar-refractivity contribution in [2.24, 2.45) is 0 Å². The molecule has 4 heterocycles. The van der Waals surface area contributed by atoms with Crippen LogP contribution in [0.15, 0.2) is 23.3 Å². The number of nitrogen functional groups attached to an aromatic ring is 1. The van der Waals surface area contributed by atoms with Crippen molar-refractivity contribution in [3.05, 3.63) is 34.5 Å². The molecule has 136 valence electrons. The lowest BCUT2D eigenvalue weighted by atomic mass is 10.1. The van der Waals surface area contributed by atoms with E-state index < -0.39 is 0 Å². The average Bonchev–Trinajstić information content (AvgIpc) is 3.27. The normalized spacial score (nSPS) is 17.2. The number of aromatic nitrogens is 5. The fourth-order valence-electron chi connectivity index (χ4n) is 3.39. The smallest absolute Gasteiger partial charge is 0.263 e. The van der Waals surface area contributed by atoms with Crippen LogP contribution in [-0.4, -0.2) is 44.4 Å². The third-order valence-corrected chi connectivity index (χ3v) is 4.59. The quantitative estimate of drug-likeness (QED) is 0.745. The first-order valence-electron chi connectivity index (χ1n) is 8.37. The Hall–Kier alpha value is -2.78.